The maximum absolute atomic E-state index is 12.8. The average molecular weight is 442 g/mol. The fraction of sp³-hybridized carbons (Fsp3) is 0.208. The number of benzene rings is 3. The highest BCUT2D eigenvalue weighted by Crippen LogP contribution is 2.30. The van der Waals surface area contributed by atoms with E-state index in [0.29, 0.717) is 34.4 Å². The molecule has 0 heterocycles. The number of hydrogen-bond acceptors (Lipinski definition) is 4. The summed E-state index contributed by atoms with van der Waals surface area (Å²) in [6.07, 6.45) is 0. The fourth-order valence-corrected chi connectivity index (χ4v) is 4.01. The van der Waals surface area contributed by atoms with Crippen molar-refractivity contribution < 1.29 is 14.3 Å². The number of carbonyl (C=O) groups is 1. The second-order valence-corrected chi connectivity index (χ2v) is 8.12. The predicted octanol–water partition coefficient (Wildman–Crippen LogP) is 6.60. The number of anilines is 1. The van der Waals surface area contributed by atoms with Crippen molar-refractivity contribution in [3.8, 4) is 11.5 Å². The molecule has 0 fully saturated rings. The zero-order valence-electron chi connectivity index (χ0n) is 17.2. The Morgan fingerprint density at radius 3 is 2.43 bits per heavy atom. The number of hydrogen-bond donors (Lipinski definition) is 1. The Morgan fingerprint density at radius 1 is 1.03 bits per heavy atom. The first-order valence-electron chi connectivity index (χ1n) is 9.60. The van der Waals surface area contributed by atoms with Crippen molar-refractivity contribution in [1.82, 2.24) is 0 Å². The van der Waals surface area contributed by atoms with E-state index in [1.807, 2.05) is 19.1 Å². The van der Waals surface area contributed by atoms with Crippen LogP contribution in [-0.4, -0.2) is 19.6 Å². The lowest BCUT2D eigenvalue weighted by atomic mass is 10.1. The zero-order chi connectivity index (χ0) is 21.5. The van der Waals surface area contributed by atoms with E-state index >= 15 is 0 Å². The minimum absolute atomic E-state index is 0.208. The van der Waals surface area contributed by atoms with Crippen molar-refractivity contribution in [1.29, 1.82) is 0 Å². The van der Waals surface area contributed by atoms with E-state index in [0.717, 1.165) is 11.3 Å². The second kappa shape index (κ2) is 10.4. The van der Waals surface area contributed by atoms with Gasteiger partial charge >= 0.3 is 0 Å². The van der Waals surface area contributed by atoms with Gasteiger partial charge in [-0.3, -0.25) is 4.79 Å². The minimum atomic E-state index is -0.208. The molecule has 3 rings (SSSR count). The van der Waals surface area contributed by atoms with E-state index < -0.39 is 0 Å². The highest BCUT2D eigenvalue weighted by Gasteiger charge is 2.12. The van der Waals surface area contributed by atoms with Gasteiger partial charge in [-0.2, -0.15) is 0 Å². The second-order valence-electron chi connectivity index (χ2n) is 6.66. The Balaban J connectivity index is 1.77. The summed E-state index contributed by atoms with van der Waals surface area (Å²) in [5, 5.41) is 3.32. The lowest BCUT2D eigenvalue weighted by Gasteiger charge is -2.13. The summed E-state index contributed by atoms with van der Waals surface area (Å²) in [6, 6.07) is 19.0. The molecular weight excluding hydrogens is 418 g/mol. The maximum Gasteiger partial charge on any atom is 0.255 e. The standard InChI is InChI=1S/C24H24ClNO3S/c1-4-29-22-11-7-17(13-18(22)15-30-20-9-5-16(2)6-10-20)24(27)26-19-8-12-23(28-3)21(25)14-19/h5-14H,4,15H2,1-3H3,(H,26,27). The van der Waals surface area contributed by atoms with Gasteiger partial charge in [0.15, 0.2) is 0 Å². The molecule has 6 heteroatoms. The quantitative estimate of drug-likeness (QED) is 0.400. The van der Waals surface area contributed by atoms with Crippen LogP contribution in [0.5, 0.6) is 11.5 Å². The molecule has 1 amide bonds. The molecule has 0 aliphatic carbocycles. The van der Waals surface area contributed by atoms with E-state index in [1.54, 1.807) is 43.1 Å². The van der Waals surface area contributed by atoms with Gasteiger partial charge in [0.2, 0.25) is 0 Å². The number of amides is 1. The molecule has 0 aliphatic rings. The van der Waals surface area contributed by atoms with E-state index in [9.17, 15) is 4.79 Å². The smallest absolute Gasteiger partial charge is 0.255 e. The van der Waals surface area contributed by atoms with Crippen LogP contribution in [0.15, 0.2) is 65.6 Å². The number of aryl methyl sites for hydroxylation is 1. The molecule has 0 aromatic heterocycles. The molecule has 3 aromatic rings. The van der Waals surface area contributed by atoms with Crippen LogP contribution in [0.3, 0.4) is 0 Å². The number of methoxy groups -OCH3 is 1. The van der Waals surface area contributed by atoms with Crippen molar-refractivity contribution in [2.75, 3.05) is 19.0 Å². The van der Waals surface area contributed by atoms with Gasteiger partial charge in [0.05, 0.1) is 18.7 Å². The molecule has 0 spiro atoms. The van der Waals surface area contributed by atoms with E-state index in [-0.39, 0.29) is 5.91 Å². The van der Waals surface area contributed by atoms with Crippen LogP contribution in [-0.2, 0) is 5.75 Å². The Labute approximate surface area is 186 Å². The van der Waals surface area contributed by atoms with Gasteiger partial charge in [0.25, 0.3) is 5.91 Å². The van der Waals surface area contributed by atoms with Crippen LogP contribution in [0.4, 0.5) is 5.69 Å². The van der Waals surface area contributed by atoms with Crippen molar-refractivity contribution >= 4 is 35.0 Å². The summed E-state index contributed by atoms with van der Waals surface area (Å²) >= 11 is 7.86. The molecule has 0 unspecified atom stereocenters. The van der Waals surface area contributed by atoms with Gasteiger partial charge in [-0.15, -0.1) is 11.8 Å². The summed E-state index contributed by atoms with van der Waals surface area (Å²) in [4.78, 5) is 14.0. The number of thioether (sulfide) groups is 1. The lowest BCUT2D eigenvalue weighted by Crippen LogP contribution is -2.12. The third-order valence-corrected chi connectivity index (χ3v) is 5.80. The molecular formula is C24H24ClNO3S. The number of ether oxygens (including phenoxy) is 2. The van der Waals surface area contributed by atoms with Crippen LogP contribution in [0.1, 0.15) is 28.4 Å². The van der Waals surface area contributed by atoms with Crippen molar-refractivity contribution in [2.45, 2.75) is 24.5 Å². The third kappa shape index (κ3) is 5.71. The first-order chi connectivity index (χ1) is 14.5. The molecule has 156 valence electrons. The maximum atomic E-state index is 12.8. The van der Waals surface area contributed by atoms with E-state index in [2.05, 4.69) is 36.5 Å². The molecule has 0 saturated heterocycles. The molecule has 1 N–H and O–H groups in total. The van der Waals surface area contributed by atoms with Crippen LogP contribution in [0.25, 0.3) is 0 Å². The number of nitrogens with one attached hydrogen (secondary N) is 1. The molecule has 0 radical (unpaired) electrons. The van der Waals surface area contributed by atoms with Crippen molar-refractivity contribution in [3.63, 3.8) is 0 Å². The van der Waals surface area contributed by atoms with Gasteiger partial charge in [-0.25, -0.2) is 0 Å². The molecule has 0 atom stereocenters. The van der Waals surface area contributed by atoms with E-state index in [4.69, 9.17) is 21.1 Å². The first-order valence-corrected chi connectivity index (χ1v) is 11.0. The third-order valence-electron chi connectivity index (χ3n) is 4.45. The molecule has 4 nitrogen and oxygen atoms in total. The van der Waals surface area contributed by atoms with E-state index in [1.165, 1.54) is 10.5 Å². The predicted molar refractivity (Wildman–Crippen MR) is 124 cm³/mol. The van der Waals surface area contributed by atoms with Gasteiger partial charge in [-0.1, -0.05) is 29.3 Å². The topological polar surface area (TPSA) is 47.6 Å². The Morgan fingerprint density at radius 2 is 1.77 bits per heavy atom. The summed E-state index contributed by atoms with van der Waals surface area (Å²) in [7, 11) is 1.55. The summed E-state index contributed by atoms with van der Waals surface area (Å²) in [5.41, 5.74) is 3.37. The highest BCUT2D eigenvalue weighted by molar-refractivity contribution is 7.98. The molecule has 0 bridgehead atoms. The summed E-state index contributed by atoms with van der Waals surface area (Å²) in [6.45, 7) is 4.59. The lowest BCUT2D eigenvalue weighted by molar-refractivity contribution is 0.102. The van der Waals surface area contributed by atoms with Crippen LogP contribution in [0, 0.1) is 6.92 Å². The zero-order valence-corrected chi connectivity index (χ0v) is 18.8. The first kappa shape index (κ1) is 22.1. The Bertz CT molecular complexity index is 1020. The SMILES string of the molecule is CCOc1ccc(C(=O)Nc2ccc(OC)c(Cl)c2)cc1CSc1ccc(C)cc1. The van der Waals surface area contributed by atoms with Gasteiger partial charge in [-0.05, 0) is 62.4 Å². The van der Waals surface area contributed by atoms with Gasteiger partial charge < -0.3 is 14.8 Å². The molecule has 0 aliphatic heterocycles. The Kier molecular flexibility index (Phi) is 7.66. The average Bonchev–Trinajstić information content (AvgIpc) is 2.74. The van der Waals surface area contributed by atoms with Crippen molar-refractivity contribution in [3.05, 3.63) is 82.4 Å². The number of carbonyl (C=O) groups excluding carboxylic acids is 1. The molecule has 3 aromatic carbocycles. The minimum Gasteiger partial charge on any atom is -0.495 e. The number of halogens is 1. The normalized spacial score (nSPS) is 10.5. The molecule has 30 heavy (non-hydrogen) atoms. The van der Waals surface area contributed by atoms with Crippen LogP contribution >= 0.6 is 23.4 Å². The van der Waals surface area contributed by atoms with Gasteiger partial charge in [0, 0.05) is 27.5 Å². The number of rotatable bonds is 8. The Hall–Kier alpha value is -2.63. The summed E-state index contributed by atoms with van der Waals surface area (Å²) in [5.74, 6) is 1.85. The molecule has 0 saturated carbocycles. The van der Waals surface area contributed by atoms with Crippen LogP contribution in [0.2, 0.25) is 5.02 Å². The van der Waals surface area contributed by atoms with Crippen molar-refractivity contribution in [2.24, 2.45) is 0 Å². The van der Waals surface area contributed by atoms with Gasteiger partial charge in [0.1, 0.15) is 11.5 Å². The monoisotopic (exact) mass is 441 g/mol. The van der Waals surface area contributed by atoms with Crippen LogP contribution < -0.4 is 14.8 Å². The fourth-order valence-electron chi connectivity index (χ4n) is 2.87. The highest BCUT2D eigenvalue weighted by atomic mass is 35.5. The largest absolute Gasteiger partial charge is 0.495 e. The summed E-state index contributed by atoms with van der Waals surface area (Å²) < 4.78 is 10.9.